The molecular formula is C15H13N3O2. The maximum atomic E-state index is 12.0. The maximum absolute atomic E-state index is 12.0. The Bertz CT molecular complexity index is 647. The Morgan fingerprint density at radius 1 is 1.15 bits per heavy atom. The van der Waals surface area contributed by atoms with Gasteiger partial charge in [0.1, 0.15) is 6.26 Å². The van der Waals surface area contributed by atoms with Gasteiger partial charge in [0, 0.05) is 18.0 Å². The third kappa shape index (κ3) is 3.35. The van der Waals surface area contributed by atoms with Crippen molar-refractivity contribution in [3.8, 4) is 0 Å². The van der Waals surface area contributed by atoms with Gasteiger partial charge in [-0.25, -0.2) is 0 Å². The van der Waals surface area contributed by atoms with E-state index in [0.29, 0.717) is 17.5 Å². The van der Waals surface area contributed by atoms with Gasteiger partial charge in [-0.1, -0.05) is 17.7 Å². The van der Waals surface area contributed by atoms with E-state index in [1.807, 2.05) is 19.1 Å². The minimum Gasteiger partial charge on any atom is -0.513 e. The number of nitrogens with zero attached hydrogens (tertiary/aromatic N) is 3. The number of aliphatic hydroxyl groups is 1. The van der Waals surface area contributed by atoms with E-state index in [9.17, 15) is 4.79 Å². The fourth-order valence-electron chi connectivity index (χ4n) is 1.50. The van der Waals surface area contributed by atoms with E-state index in [1.165, 1.54) is 12.4 Å². The fourth-order valence-corrected chi connectivity index (χ4v) is 1.50. The molecule has 0 bridgehead atoms. The molecule has 0 saturated carbocycles. The van der Waals surface area contributed by atoms with Crippen molar-refractivity contribution in [2.75, 3.05) is 0 Å². The number of Topliss-reactive ketones (excluding diaryl/α,β-unsaturated/α-hetero) is 1. The number of carbonyl (C=O) groups excluding carboxylic acids is 1. The summed E-state index contributed by atoms with van der Waals surface area (Å²) in [7, 11) is 0. The average molecular weight is 267 g/mol. The Kier molecular flexibility index (Phi) is 4.34. The monoisotopic (exact) mass is 267 g/mol. The minimum atomic E-state index is -0.411. The quantitative estimate of drug-likeness (QED) is 0.396. The number of aliphatic hydroxyl groups excluding tert-OH is 1. The predicted molar refractivity (Wildman–Crippen MR) is 75.0 cm³/mol. The normalized spacial score (nSPS) is 11.8. The summed E-state index contributed by atoms with van der Waals surface area (Å²) in [6.07, 6.45) is 3.65. The van der Waals surface area contributed by atoms with Crippen LogP contribution in [-0.4, -0.2) is 15.9 Å². The van der Waals surface area contributed by atoms with Crippen LogP contribution >= 0.6 is 0 Å². The molecule has 0 amide bonds. The first-order chi connectivity index (χ1) is 9.70. The van der Waals surface area contributed by atoms with Gasteiger partial charge in [0.2, 0.25) is 5.78 Å². The van der Waals surface area contributed by atoms with E-state index >= 15 is 0 Å². The molecule has 100 valence electrons. The summed E-state index contributed by atoms with van der Waals surface area (Å²) in [5, 5.41) is 16.8. The molecule has 1 N–H and O–H groups in total. The summed E-state index contributed by atoms with van der Waals surface area (Å²) in [6, 6.07) is 10.4. The zero-order valence-electron chi connectivity index (χ0n) is 10.9. The first-order valence-electron chi connectivity index (χ1n) is 5.98. The third-order valence-corrected chi connectivity index (χ3v) is 2.60. The first-order valence-corrected chi connectivity index (χ1v) is 5.98. The lowest BCUT2D eigenvalue weighted by Crippen LogP contribution is -2.01. The first kappa shape index (κ1) is 13.6. The molecule has 20 heavy (non-hydrogen) atoms. The second kappa shape index (κ2) is 6.38. The summed E-state index contributed by atoms with van der Waals surface area (Å²) in [5.74, 6) is -0.411. The van der Waals surface area contributed by atoms with Gasteiger partial charge in [-0.15, -0.1) is 5.11 Å². The number of carbonyl (C=O) groups is 1. The Morgan fingerprint density at radius 3 is 2.40 bits per heavy atom. The topological polar surface area (TPSA) is 74.9 Å². The van der Waals surface area contributed by atoms with Crippen LogP contribution in [0.3, 0.4) is 0 Å². The van der Waals surface area contributed by atoms with Crippen molar-refractivity contribution in [2.24, 2.45) is 10.2 Å². The highest BCUT2D eigenvalue weighted by Crippen LogP contribution is 2.16. The Labute approximate surface area is 116 Å². The molecule has 0 aliphatic heterocycles. The lowest BCUT2D eigenvalue weighted by Gasteiger charge is -1.99. The summed E-state index contributed by atoms with van der Waals surface area (Å²) in [6.45, 7) is 1.97. The molecule has 5 heteroatoms. The minimum absolute atomic E-state index is 0.128. The number of aryl methyl sites for hydroxylation is 1. The SMILES string of the molecule is Cc1ccc(N=N/C(=C/O)C(=O)c2ccncc2)cc1. The Morgan fingerprint density at radius 2 is 1.80 bits per heavy atom. The van der Waals surface area contributed by atoms with Gasteiger partial charge in [-0.3, -0.25) is 9.78 Å². The van der Waals surface area contributed by atoms with Crippen molar-refractivity contribution < 1.29 is 9.90 Å². The molecule has 1 aromatic heterocycles. The Balaban J connectivity index is 2.18. The molecule has 1 aromatic carbocycles. The molecule has 2 aromatic rings. The molecule has 2 rings (SSSR count). The van der Waals surface area contributed by atoms with Gasteiger partial charge in [-0.05, 0) is 31.2 Å². The second-order valence-electron chi connectivity index (χ2n) is 4.11. The van der Waals surface area contributed by atoms with E-state index in [0.717, 1.165) is 5.56 Å². The van der Waals surface area contributed by atoms with Crippen molar-refractivity contribution in [1.29, 1.82) is 0 Å². The summed E-state index contributed by atoms with van der Waals surface area (Å²) in [5.41, 5.74) is 1.98. The van der Waals surface area contributed by atoms with E-state index in [1.54, 1.807) is 24.3 Å². The highest BCUT2D eigenvalue weighted by atomic mass is 16.2. The van der Waals surface area contributed by atoms with Crippen LogP contribution in [0.2, 0.25) is 0 Å². The van der Waals surface area contributed by atoms with E-state index < -0.39 is 5.78 Å². The number of hydrogen-bond donors (Lipinski definition) is 1. The van der Waals surface area contributed by atoms with Crippen LogP contribution in [0.4, 0.5) is 5.69 Å². The van der Waals surface area contributed by atoms with Crippen molar-refractivity contribution >= 4 is 11.5 Å². The fraction of sp³-hybridized carbons (Fsp3) is 0.0667. The van der Waals surface area contributed by atoms with Crippen molar-refractivity contribution in [3.05, 3.63) is 71.9 Å². The van der Waals surface area contributed by atoms with Crippen LogP contribution in [0.25, 0.3) is 0 Å². The molecule has 0 aliphatic rings. The zero-order chi connectivity index (χ0) is 14.4. The Hall–Kier alpha value is -2.82. The summed E-state index contributed by atoms with van der Waals surface area (Å²) in [4.78, 5) is 15.9. The van der Waals surface area contributed by atoms with Gasteiger partial charge in [0.25, 0.3) is 0 Å². The molecule has 0 unspecified atom stereocenters. The molecule has 0 radical (unpaired) electrons. The van der Waals surface area contributed by atoms with Crippen LogP contribution in [0.5, 0.6) is 0 Å². The number of rotatable bonds is 4. The standard InChI is InChI=1S/C15H13N3O2/c1-11-2-4-13(5-3-11)17-18-14(10-19)15(20)12-6-8-16-9-7-12/h2-10,19H,1H3/b14-10+,18-17?. The van der Waals surface area contributed by atoms with Gasteiger partial charge < -0.3 is 5.11 Å². The van der Waals surface area contributed by atoms with Gasteiger partial charge in [-0.2, -0.15) is 5.11 Å². The molecule has 0 aliphatic carbocycles. The smallest absolute Gasteiger partial charge is 0.216 e. The maximum Gasteiger partial charge on any atom is 0.216 e. The molecule has 1 heterocycles. The number of benzene rings is 1. The van der Waals surface area contributed by atoms with Crippen LogP contribution in [0, 0.1) is 6.92 Å². The lowest BCUT2D eigenvalue weighted by molar-refractivity contribution is 0.102. The molecule has 0 spiro atoms. The zero-order valence-corrected chi connectivity index (χ0v) is 10.9. The summed E-state index contributed by atoms with van der Waals surface area (Å²) >= 11 is 0. The highest BCUT2D eigenvalue weighted by Gasteiger charge is 2.11. The predicted octanol–water partition coefficient (Wildman–Crippen LogP) is 3.76. The van der Waals surface area contributed by atoms with E-state index in [-0.39, 0.29) is 5.70 Å². The molecule has 0 atom stereocenters. The van der Waals surface area contributed by atoms with Crippen LogP contribution in [0.15, 0.2) is 71.0 Å². The van der Waals surface area contributed by atoms with E-state index in [2.05, 4.69) is 15.2 Å². The number of ketones is 1. The molecular weight excluding hydrogens is 254 g/mol. The van der Waals surface area contributed by atoms with Crippen molar-refractivity contribution in [2.45, 2.75) is 6.92 Å². The van der Waals surface area contributed by atoms with Crippen LogP contribution in [0.1, 0.15) is 15.9 Å². The lowest BCUT2D eigenvalue weighted by atomic mass is 10.1. The molecule has 5 nitrogen and oxygen atoms in total. The molecule has 0 saturated heterocycles. The average Bonchev–Trinajstić information content (AvgIpc) is 2.50. The van der Waals surface area contributed by atoms with Gasteiger partial charge >= 0.3 is 0 Å². The van der Waals surface area contributed by atoms with Crippen molar-refractivity contribution in [1.82, 2.24) is 4.98 Å². The van der Waals surface area contributed by atoms with Gasteiger partial charge in [0.05, 0.1) is 5.69 Å². The number of aromatic nitrogens is 1. The number of pyridine rings is 1. The van der Waals surface area contributed by atoms with Crippen LogP contribution in [-0.2, 0) is 0 Å². The van der Waals surface area contributed by atoms with Crippen LogP contribution < -0.4 is 0 Å². The van der Waals surface area contributed by atoms with E-state index in [4.69, 9.17) is 5.11 Å². The third-order valence-electron chi connectivity index (χ3n) is 2.60. The number of azo groups is 1. The number of allylic oxidation sites excluding steroid dienone is 1. The van der Waals surface area contributed by atoms with Gasteiger partial charge in [0.15, 0.2) is 5.70 Å². The summed E-state index contributed by atoms with van der Waals surface area (Å²) < 4.78 is 0. The van der Waals surface area contributed by atoms with Crippen molar-refractivity contribution in [3.63, 3.8) is 0 Å². The highest BCUT2D eigenvalue weighted by molar-refractivity contribution is 6.08. The second-order valence-corrected chi connectivity index (χ2v) is 4.11. The molecule has 0 fully saturated rings. The largest absolute Gasteiger partial charge is 0.513 e. The number of hydrogen-bond acceptors (Lipinski definition) is 5.